The maximum atomic E-state index is 8.37. The lowest BCUT2D eigenvalue weighted by Crippen LogP contribution is -2.08. The quantitative estimate of drug-likeness (QED) is 0.0247. The monoisotopic (exact) mass is 1910 g/mol. The number of aliphatic hydroxyl groups excluding tert-OH is 3. The van der Waals surface area contributed by atoms with E-state index in [4.69, 9.17) is 64.4 Å². The summed E-state index contributed by atoms with van der Waals surface area (Å²) >= 11 is 0. The van der Waals surface area contributed by atoms with E-state index in [1.54, 1.807) is 0 Å². The molecule has 0 bridgehead atoms. The molecule has 0 heterocycles. The van der Waals surface area contributed by atoms with Gasteiger partial charge in [-0.3, -0.25) is 0 Å². The van der Waals surface area contributed by atoms with Crippen LogP contribution in [0.15, 0.2) is 146 Å². The summed E-state index contributed by atoms with van der Waals surface area (Å²) < 4.78 is 52.8. The van der Waals surface area contributed by atoms with Gasteiger partial charge in [0.15, 0.2) is 0 Å². The third kappa shape index (κ3) is 77.7. The molecule has 0 amide bonds. The van der Waals surface area contributed by atoms with Crippen LogP contribution in [0.4, 0.5) is 0 Å². The zero-order chi connectivity index (χ0) is 101. The number of benzene rings is 6. The number of aliphatic hydroxyl groups is 3. The SMILES string of the molecule is C#CC#CC#CC#COCCC(C)CCOc1ccc(-c2ccc(OCCCCCCCC)cc2)cc1.CCC(C)CCO.CCC(C)CCO.CCC(C)CCO.CCCCCCCCCCOCCC(C)CCOc1ccc(-c2ccc(OCCCCCCCC)cc2)cc1.CCCCCCCCCCOCCC(C)CCOc1ccc(-c2ccc(OCCCCCCCCCC)cc2)cc1.[HH].[HH].[HH]. The van der Waals surface area contributed by atoms with Crippen molar-refractivity contribution < 1.29 is 62.2 Å². The number of rotatable bonds is 77. The fourth-order valence-corrected chi connectivity index (χ4v) is 14.8. The first-order valence-electron chi connectivity index (χ1n) is 55.5. The van der Waals surface area contributed by atoms with Gasteiger partial charge in [-0.15, -0.1) is 6.42 Å². The van der Waals surface area contributed by atoms with Gasteiger partial charge < -0.3 is 58.0 Å². The number of hydrogen-bond donors (Lipinski definition) is 3. The van der Waals surface area contributed by atoms with Crippen molar-refractivity contribution >= 4 is 0 Å². The Bertz CT molecular complexity index is 3830. The average molecular weight is 1910 g/mol. The fraction of sp³-hybridized carbons (Fsp3) is 0.651. The van der Waals surface area contributed by atoms with Crippen LogP contribution in [0.2, 0.25) is 0 Å². The van der Waals surface area contributed by atoms with E-state index in [0.717, 1.165) is 177 Å². The molecule has 138 heavy (non-hydrogen) atoms. The van der Waals surface area contributed by atoms with Gasteiger partial charge in [-0.1, -0.05) is 388 Å². The lowest BCUT2D eigenvalue weighted by atomic mass is 10.0. The standard InChI is InChI=1S/C38H62O3.C36H58O3.C34H38O3.3C6H14O.3H2/c1-4-6-8-10-12-14-16-18-30-39-32-28-34(3)29-33-41-38-26-22-36(23-27-38)35-20-24-37(25-21-35)40-31-19-17-15-13-11-9-7-5-2;1-4-6-8-10-12-13-14-16-28-37-30-26-32(3)27-31-39-36-24-20-34(21-25-36)33-18-22-35(23-19-33)38-29-17-15-11-9-7-5-2;1-4-6-8-10-12-14-26-35-28-24-30(3)25-29-37-34-22-18-32(19-23-34)31-16-20-33(21-17-31)36-27-15-13-11-9-7-5-2;3*1-3-6(2)4-5-7;;;/h20-27,34H,4-19,28-33H2,1-3H3;18-25,32H,4-17,26-31H2,1-3H3;1,16-23,30H,5,7,9,11,13,15,24-25,27-29H2,2-3H3;3*6-7H,3-5H2,1-2H3;3*1H. The van der Waals surface area contributed by atoms with E-state index in [1.807, 2.05) is 12.1 Å². The molecular formula is C126H206O12. The van der Waals surface area contributed by atoms with Gasteiger partial charge in [0, 0.05) is 68.3 Å². The van der Waals surface area contributed by atoms with Crippen LogP contribution in [-0.2, 0) is 14.2 Å². The van der Waals surface area contributed by atoms with Crippen molar-refractivity contribution in [2.24, 2.45) is 35.5 Å². The van der Waals surface area contributed by atoms with Gasteiger partial charge in [-0.2, -0.15) is 0 Å². The van der Waals surface area contributed by atoms with Crippen molar-refractivity contribution in [1.29, 1.82) is 0 Å². The summed E-state index contributed by atoms with van der Waals surface area (Å²) in [5, 5.41) is 25.1. The Morgan fingerprint density at radius 2 is 0.413 bits per heavy atom. The molecule has 6 aromatic rings. The van der Waals surface area contributed by atoms with Gasteiger partial charge in [0.2, 0.25) is 0 Å². The molecule has 6 aromatic carbocycles. The van der Waals surface area contributed by atoms with E-state index >= 15 is 0 Å². The van der Waals surface area contributed by atoms with Crippen molar-refractivity contribution in [2.45, 2.75) is 405 Å². The largest absolute Gasteiger partial charge is 0.494 e. The van der Waals surface area contributed by atoms with E-state index in [-0.39, 0.29) is 4.28 Å². The molecule has 0 saturated carbocycles. The minimum Gasteiger partial charge on any atom is -0.494 e. The Labute approximate surface area is 851 Å². The molecule has 782 valence electrons. The normalized spacial score (nSPS) is 11.9. The van der Waals surface area contributed by atoms with Gasteiger partial charge in [0.05, 0.1) is 39.6 Å². The van der Waals surface area contributed by atoms with Gasteiger partial charge >= 0.3 is 0 Å². The smallest absolute Gasteiger partial charge is 0.124 e. The summed E-state index contributed by atoms with van der Waals surface area (Å²) in [7, 11) is 0. The van der Waals surface area contributed by atoms with Crippen LogP contribution in [0.1, 0.15) is 409 Å². The van der Waals surface area contributed by atoms with Crippen molar-refractivity contribution in [2.75, 3.05) is 92.5 Å². The van der Waals surface area contributed by atoms with E-state index in [1.165, 1.54) is 259 Å². The second kappa shape index (κ2) is 96.5. The molecule has 0 spiro atoms. The summed E-state index contributed by atoms with van der Waals surface area (Å²) in [6.45, 7) is 40.7. The van der Waals surface area contributed by atoms with Crippen molar-refractivity contribution in [3.63, 3.8) is 0 Å². The Hall–Kier alpha value is -8.04. The maximum absolute atomic E-state index is 8.37. The summed E-state index contributed by atoms with van der Waals surface area (Å²) in [5.74, 6) is 24.2. The average Bonchev–Trinajstić information content (AvgIpc) is 0.862. The highest BCUT2D eigenvalue weighted by Crippen LogP contribution is 2.30. The summed E-state index contributed by atoms with van der Waals surface area (Å²) in [6, 6.07) is 50.4. The molecule has 12 nitrogen and oxygen atoms in total. The molecule has 6 atom stereocenters. The minimum atomic E-state index is 0. The Balaban J connectivity index is -0.00000181. The maximum Gasteiger partial charge on any atom is 0.124 e. The van der Waals surface area contributed by atoms with Crippen LogP contribution in [0.3, 0.4) is 0 Å². The van der Waals surface area contributed by atoms with Crippen LogP contribution >= 0.6 is 0 Å². The molecule has 0 aliphatic carbocycles. The van der Waals surface area contributed by atoms with Crippen LogP contribution in [0.25, 0.3) is 33.4 Å². The summed E-state index contributed by atoms with van der Waals surface area (Å²) in [6.07, 6.45) is 67.7. The number of hydrogen-bond acceptors (Lipinski definition) is 12. The lowest BCUT2D eigenvalue weighted by Gasteiger charge is -2.13. The molecule has 6 unspecified atom stereocenters. The first-order valence-corrected chi connectivity index (χ1v) is 55.5. The van der Waals surface area contributed by atoms with Crippen LogP contribution in [-0.4, -0.2) is 108 Å². The zero-order valence-corrected chi connectivity index (χ0v) is 90.3. The molecule has 0 aliphatic rings. The zero-order valence-electron chi connectivity index (χ0n) is 90.3. The van der Waals surface area contributed by atoms with E-state index < -0.39 is 0 Å². The molecule has 3 N–H and O–H groups in total. The second-order valence-corrected chi connectivity index (χ2v) is 38.3. The summed E-state index contributed by atoms with van der Waals surface area (Å²) in [4.78, 5) is 0. The van der Waals surface area contributed by atoms with Crippen LogP contribution in [0.5, 0.6) is 34.5 Å². The molecular weight excluding hydrogens is 1710 g/mol. The number of terminal acetylenes is 1. The van der Waals surface area contributed by atoms with Gasteiger partial charge in [0.25, 0.3) is 0 Å². The minimum absolute atomic E-state index is 0. The van der Waals surface area contributed by atoms with E-state index in [9.17, 15) is 0 Å². The lowest BCUT2D eigenvalue weighted by molar-refractivity contribution is 0.114. The van der Waals surface area contributed by atoms with Gasteiger partial charge in [0.1, 0.15) is 47.2 Å². The van der Waals surface area contributed by atoms with Gasteiger partial charge in [-0.25, -0.2) is 0 Å². The Morgan fingerprint density at radius 1 is 0.217 bits per heavy atom. The molecule has 0 aliphatic heterocycles. The third-order valence-corrected chi connectivity index (χ3v) is 25.5. The topological polar surface area (TPSA) is 144 Å². The molecule has 0 radical (unpaired) electrons. The number of unbranched alkanes of at least 4 members (excludes halogenated alkanes) is 31. The van der Waals surface area contributed by atoms with E-state index in [2.05, 4.69) is 272 Å². The van der Waals surface area contributed by atoms with Crippen molar-refractivity contribution in [1.82, 2.24) is 0 Å². The Kier molecular flexibility index (Phi) is 89.4. The summed E-state index contributed by atoms with van der Waals surface area (Å²) in [5.41, 5.74) is 7.14. The van der Waals surface area contributed by atoms with Crippen LogP contribution in [0, 0.1) is 83.6 Å². The Morgan fingerprint density at radius 3 is 0.630 bits per heavy atom. The molecule has 0 saturated heterocycles. The van der Waals surface area contributed by atoms with E-state index in [0.29, 0.717) is 68.5 Å². The fourth-order valence-electron chi connectivity index (χ4n) is 14.8. The van der Waals surface area contributed by atoms with Gasteiger partial charge in [-0.05, 0) is 249 Å². The second-order valence-electron chi connectivity index (χ2n) is 38.3. The van der Waals surface area contributed by atoms with Crippen molar-refractivity contribution in [3.05, 3.63) is 146 Å². The molecule has 0 fully saturated rings. The first-order chi connectivity index (χ1) is 67.6. The highest BCUT2D eigenvalue weighted by molar-refractivity contribution is 5.67. The van der Waals surface area contributed by atoms with Crippen molar-refractivity contribution in [3.8, 4) is 116 Å². The first kappa shape index (κ1) is 128. The molecule has 0 aromatic heterocycles. The highest BCUT2D eigenvalue weighted by atomic mass is 16.5. The predicted octanol–water partition coefficient (Wildman–Crippen LogP) is 35.4. The molecule has 6 rings (SSSR count). The highest BCUT2D eigenvalue weighted by Gasteiger charge is 2.11. The predicted molar refractivity (Wildman–Crippen MR) is 598 cm³/mol. The third-order valence-electron chi connectivity index (χ3n) is 25.5. The number of ether oxygens (including phenoxy) is 9. The van der Waals surface area contributed by atoms with Crippen LogP contribution < -0.4 is 28.4 Å². The molecule has 12 heteroatoms.